The maximum atomic E-state index is 14.9. The number of nitrogens with zero attached hydrogens (tertiary/aromatic N) is 5. The van der Waals surface area contributed by atoms with Crippen LogP contribution in [0.4, 0.5) is 13.2 Å². The summed E-state index contributed by atoms with van der Waals surface area (Å²) >= 11 is 0. The van der Waals surface area contributed by atoms with Gasteiger partial charge in [0, 0.05) is 24.9 Å². The summed E-state index contributed by atoms with van der Waals surface area (Å²) in [6, 6.07) is -5.12. The molecule has 0 radical (unpaired) electrons. The van der Waals surface area contributed by atoms with E-state index in [1.807, 2.05) is 0 Å². The first-order valence-corrected chi connectivity index (χ1v) is 20.6. The number of ketones is 1. The van der Waals surface area contributed by atoms with E-state index in [1.54, 1.807) is 27.7 Å². The summed E-state index contributed by atoms with van der Waals surface area (Å²) < 4.78 is 47.9. The lowest BCUT2D eigenvalue weighted by Gasteiger charge is -2.37. The minimum Gasteiger partial charge on any atom is -0.472 e. The number of nitrogens with one attached hydrogen (secondary N) is 4. The standard InChI is InChI=1S/C42H50F3N9O7/c1-5-11-28(32(55)37(59)48-24-16-17-24)49-35(57)30-20-25(61-38-26-14-9-10-15-27(26)50-40(53-38)42(43,44)45)22-54(30)39(60)33(41(2,3)4)52-36(58)31(23-12-7-6-8-13-23)51-34(56)29-21-46-18-19-47-29/h9,14,18-19,21,23-25,28,30-31,33H,5-8,11-13,16-17,20,22H2,1-4H3,(H,48,59)(H,49,57)(H,51,56)(H,52,58)/t25-,28+,30+,31+,33-/m1/s1. The Morgan fingerprint density at radius 1 is 0.967 bits per heavy atom. The summed E-state index contributed by atoms with van der Waals surface area (Å²) in [7, 11) is 0. The van der Waals surface area contributed by atoms with Gasteiger partial charge in [-0.05, 0) is 61.3 Å². The number of ether oxygens (including phenoxy) is 1. The molecule has 3 fully saturated rings. The molecule has 4 N–H and O–H groups in total. The van der Waals surface area contributed by atoms with Crippen molar-refractivity contribution in [1.29, 1.82) is 0 Å². The van der Waals surface area contributed by atoms with Crippen molar-refractivity contribution in [3.63, 3.8) is 0 Å². The summed E-state index contributed by atoms with van der Waals surface area (Å²) in [5.41, 5.74) is 4.09. The molecule has 1 aliphatic heterocycles. The van der Waals surface area contributed by atoms with Crippen molar-refractivity contribution >= 4 is 47.1 Å². The minimum absolute atomic E-state index is 0.00348. The van der Waals surface area contributed by atoms with E-state index in [2.05, 4.69) is 52.7 Å². The quantitative estimate of drug-likeness (QED) is 0.149. The molecule has 2 aromatic heterocycles. The molecule has 16 nitrogen and oxygen atoms in total. The highest BCUT2D eigenvalue weighted by Crippen LogP contribution is 2.31. The van der Waals surface area contributed by atoms with Crippen LogP contribution in [0, 0.1) is 11.3 Å². The number of Topliss-reactive ketones (excluding diaryl/α,β-unsaturated/α-hetero) is 1. The number of allylic oxidation sites excluding steroid dienone is 1. The second-order valence-electron chi connectivity index (χ2n) is 16.9. The Hall–Kier alpha value is -5.93. The van der Waals surface area contributed by atoms with Crippen LogP contribution < -0.4 is 36.6 Å². The van der Waals surface area contributed by atoms with Gasteiger partial charge in [0.2, 0.25) is 35.2 Å². The lowest BCUT2D eigenvalue weighted by atomic mass is 9.82. The minimum atomic E-state index is -4.95. The van der Waals surface area contributed by atoms with Crippen LogP contribution >= 0.6 is 0 Å². The monoisotopic (exact) mass is 849 g/mol. The number of rotatable bonds is 15. The Bertz CT molecular complexity index is 2230. The van der Waals surface area contributed by atoms with Crippen molar-refractivity contribution in [3.8, 4) is 5.88 Å². The molecule has 0 bridgehead atoms. The molecule has 19 heteroatoms. The Kier molecular flexibility index (Phi) is 13.7. The van der Waals surface area contributed by atoms with Crippen LogP contribution in [0.25, 0.3) is 11.8 Å². The summed E-state index contributed by atoms with van der Waals surface area (Å²) in [6.07, 6.45) is 6.34. The number of aromatic nitrogens is 4. The van der Waals surface area contributed by atoms with Gasteiger partial charge in [-0.1, -0.05) is 59.1 Å². The van der Waals surface area contributed by atoms with E-state index in [1.165, 1.54) is 30.7 Å². The highest BCUT2D eigenvalue weighted by Gasteiger charge is 2.48. The molecule has 5 atom stereocenters. The fourth-order valence-corrected chi connectivity index (χ4v) is 7.69. The number of halogens is 3. The number of carbonyl (C=O) groups excluding carboxylic acids is 6. The lowest BCUT2D eigenvalue weighted by molar-refractivity contribution is -0.145. The van der Waals surface area contributed by atoms with Crippen molar-refractivity contribution in [2.75, 3.05) is 6.54 Å². The maximum Gasteiger partial charge on any atom is 0.451 e. The van der Waals surface area contributed by atoms with Gasteiger partial charge in [-0.3, -0.25) is 33.8 Å². The molecule has 3 heterocycles. The molecule has 61 heavy (non-hydrogen) atoms. The van der Waals surface area contributed by atoms with Crippen LogP contribution in [0.1, 0.15) is 108 Å². The average molecular weight is 850 g/mol. The van der Waals surface area contributed by atoms with E-state index in [0.717, 1.165) is 37.0 Å². The van der Waals surface area contributed by atoms with Crippen LogP contribution in [0.3, 0.4) is 0 Å². The number of fused-ring (bicyclic) bond motifs is 1. The molecule has 0 aromatic carbocycles. The number of hydrogen-bond acceptors (Lipinski definition) is 11. The molecule has 2 aromatic rings. The van der Waals surface area contributed by atoms with E-state index in [-0.39, 0.29) is 47.6 Å². The largest absolute Gasteiger partial charge is 0.472 e. The van der Waals surface area contributed by atoms with E-state index >= 15 is 0 Å². The van der Waals surface area contributed by atoms with Gasteiger partial charge >= 0.3 is 6.18 Å². The predicted octanol–water partition coefficient (Wildman–Crippen LogP) is 1.56. The van der Waals surface area contributed by atoms with Crippen molar-refractivity contribution in [2.24, 2.45) is 11.3 Å². The smallest absolute Gasteiger partial charge is 0.451 e. The summed E-state index contributed by atoms with van der Waals surface area (Å²) in [4.78, 5) is 99.4. The molecule has 5 amide bonds. The maximum absolute atomic E-state index is 14.9. The third-order valence-electron chi connectivity index (χ3n) is 11.0. The summed E-state index contributed by atoms with van der Waals surface area (Å²) in [5, 5.41) is 10.8. The number of likely N-dealkylation sites (tertiary alicyclic amines) is 1. The van der Waals surface area contributed by atoms with Crippen LogP contribution in [-0.4, -0.2) is 103 Å². The fourth-order valence-electron chi connectivity index (χ4n) is 7.69. The molecular formula is C42H50F3N9O7. The van der Waals surface area contributed by atoms with E-state index in [4.69, 9.17) is 4.74 Å². The molecule has 0 unspecified atom stereocenters. The molecular weight excluding hydrogens is 800 g/mol. The van der Waals surface area contributed by atoms with Gasteiger partial charge in [0.25, 0.3) is 11.8 Å². The van der Waals surface area contributed by atoms with Gasteiger partial charge in [0.05, 0.1) is 24.0 Å². The fraction of sp³-hybridized carbons (Fsp3) is 0.571. The molecule has 0 spiro atoms. The zero-order valence-electron chi connectivity index (χ0n) is 34.4. The lowest BCUT2D eigenvalue weighted by Crippen LogP contribution is -2.62. The van der Waals surface area contributed by atoms with Gasteiger partial charge in [-0.2, -0.15) is 18.2 Å². The normalized spacial score (nSPS) is 20.2. The van der Waals surface area contributed by atoms with Crippen LogP contribution in [-0.2, 0) is 30.1 Å². The molecule has 1 saturated heterocycles. The Labute approximate surface area is 350 Å². The third kappa shape index (κ3) is 11.1. The molecule has 326 valence electrons. The number of alkyl halides is 3. The van der Waals surface area contributed by atoms with E-state index in [0.29, 0.717) is 19.3 Å². The first-order chi connectivity index (χ1) is 28.9. The Morgan fingerprint density at radius 3 is 2.34 bits per heavy atom. The van der Waals surface area contributed by atoms with Crippen molar-refractivity contribution < 1.29 is 46.7 Å². The first-order valence-electron chi connectivity index (χ1n) is 20.6. The van der Waals surface area contributed by atoms with Crippen molar-refractivity contribution in [1.82, 2.24) is 46.1 Å². The van der Waals surface area contributed by atoms with Crippen molar-refractivity contribution in [3.05, 3.63) is 52.5 Å². The van der Waals surface area contributed by atoms with Gasteiger partial charge in [-0.25, -0.2) is 9.97 Å². The molecule has 4 aliphatic rings. The Morgan fingerprint density at radius 2 is 1.70 bits per heavy atom. The van der Waals surface area contributed by atoms with Gasteiger partial charge in [0.15, 0.2) is 0 Å². The number of carbonyl (C=O) groups is 6. The second-order valence-corrected chi connectivity index (χ2v) is 16.9. The molecule has 3 aliphatic carbocycles. The predicted molar refractivity (Wildman–Crippen MR) is 211 cm³/mol. The average Bonchev–Trinajstić information content (AvgIpc) is 3.95. The van der Waals surface area contributed by atoms with Gasteiger partial charge < -0.3 is 30.9 Å². The summed E-state index contributed by atoms with van der Waals surface area (Å²) in [5.74, 6) is -6.74. The number of amides is 5. The first kappa shape index (κ1) is 44.6. The van der Waals surface area contributed by atoms with Crippen molar-refractivity contribution in [2.45, 2.75) is 134 Å². The Balaban J connectivity index is 1.31. The number of hydrogen-bond donors (Lipinski definition) is 4. The van der Waals surface area contributed by atoms with E-state index in [9.17, 15) is 41.9 Å². The van der Waals surface area contributed by atoms with Gasteiger partial charge in [-0.15, -0.1) is 0 Å². The highest BCUT2D eigenvalue weighted by molar-refractivity contribution is 6.38. The molecule has 2 saturated carbocycles. The summed E-state index contributed by atoms with van der Waals surface area (Å²) in [6.45, 7) is 6.53. The zero-order valence-corrected chi connectivity index (χ0v) is 34.4. The van der Waals surface area contributed by atoms with Gasteiger partial charge in [0.1, 0.15) is 35.3 Å². The molecule has 6 rings (SSSR count). The van der Waals surface area contributed by atoms with Crippen LogP contribution in [0.15, 0.2) is 30.4 Å². The van der Waals surface area contributed by atoms with Crippen LogP contribution in [0.5, 0.6) is 5.88 Å². The van der Waals surface area contributed by atoms with E-state index < -0.39 is 88.9 Å². The highest BCUT2D eigenvalue weighted by atomic mass is 19.4. The SMILES string of the molecule is CCC[C@H](NC(=O)[C@@H]1C[C@@H](Oc2nc(C(F)(F)F)nc3c2=CC=C=C=3)CN1C(=O)[C@@H](NC(=O)[C@@H](NC(=O)c1cnccn1)C1CCCCC1)C(C)(C)C)C(=O)C(=O)NC1CC1. The second kappa shape index (κ2) is 18.8. The topological polar surface area (TPSA) is 215 Å². The third-order valence-corrected chi connectivity index (χ3v) is 11.0. The zero-order chi connectivity index (χ0) is 44.1. The van der Waals surface area contributed by atoms with Crippen LogP contribution in [0.2, 0.25) is 0 Å².